The number of esters is 1. The van der Waals surface area contributed by atoms with Gasteiger partial charge in [-0.1, -0.05) is 18.2 Å². The highest BCUT2D eigenvalue weighted by Gasteiger charge is 2.50. The number of hydrogen-bond donors (Lipinski definition) is 1. The molecule has 6 rings (SSSR count). The minimum absolute atomic E-state index is 0.263. The van der Waals surface area contributed by atoms with Gasteiger partial charge in [0.15, 0.2) is 23.7 Å². The molecule has 4 atom stereocenters. The van der Waals surface area contributed by atoms with Gasteiger partial charge in [0.25, 0.3) is 0 Å². The number of aromatic nitrogens is 2. The molecule has 0 saturated carbocycles. The van der Waals surface area contributed by atoms with Crippen molar-refractivity contribution in [3.8, 4) is 17.2 Å². The van der Waals surface area contributed by atoms with E-state index in [0.717, 1.165) is 22.2 Å². The lowest BCUT2D eigenvalue weighted by atomic mass is 10.1. The summed E-state index contributed by atoms with van der Waals surface area (Å²) in [5, 5.41) is 4.17. The number of anilines is 2. The first-order valence-electron chi connectivity index (χ1n) is 12.9. The number of hydrogen-bond acceptors (Lipinski definition) is 10. The first-order chi connectivity index (χ1) is 19.5. The fourth-order valence-corrected chi connectivity index (χ4v) is 5.05. The van der Waals surface area contributed by atoms with Crippen molar-refractivity contribution >= 4 is 28.4 Å². The Hall–Kier alpha value is -4.41. The standard InChI is InChI=1S/C30H29N3O7/c1-17-11-19(33-29-20-12-23(35-2)24(36-3)13-21(20)31-16-32-29)9-10-22(17)39-25-14-37-28-26(15-38-27(25)28)40-30(34)18-7-5-4-6-8-18/h4-13,16,25-28H,14-15H2,1-3H3,(H,31,32,33)/t25-,26-,27+,28+/m0/s1. The summed E-state index contributed by atoms with van der Waals surface area (Å²) in [6, 6.07) is 18.4. The molecular formula is C30H29N3O7. The number of carbonyl (C=O) groups is 1. The average molecular weight is 544 g/mol. The minimum atomic E-state index is -0.486. The fourth-order valence-electron chi connectivity index (χ4n) is 5.05. The summed E-state index contributed by atoms with van der Waals surface area (Å²) >= 11 is 0. The predicted octanol–water partition coefficient (Wildman–Crippen LogP) is 4.47. The van der Waals surface area contributed by atoms with E-state index in [1.54, 1.807) is 38.5 Å². The molecule has 3 aromatic carbocycles. The molecule has 40 heavy (non-hydrogen) atoms. The molecule has 0 radical (unpaired) electrons. The molecule has 1 aromatic heterocycles. The van der Waals surface area contributed by atoms with Crippen molar-refractivity contribution in [2.24, 2.45) is 0 Å². The third-order valence-corrected chi connectivity index (χ3v) is 7.09. The van der Waals surface area contributed by atoms with Crippen LogP contribution in [0.4, 0.5) is 11.5 Å². The normalized spacial score (nSPS) is 21.6. The zero-order chi connectivity index (χ0) is 27.6. The molecule has 0 bridgehead atoms. The van der Waals surface area contributed by atoms with E-state index >= 15 is 0 Å². The molecule has 0 unspecified atom stereocenters. The highest BCUT2D eigenvalue weighted by molar-refractivity contribution is 5.93. The lowest BCUT2D eigenvalue weighted by Gasteiger charge is -2.20. The van der Waals surface area contributed by atoms with Gasteiger partial charge in [-0.3, -0.25) is 0 Å². The van der Waals surface area contributed by atoms with Gasteiger partial charge < -0.3 is 33.7 Å². The summed E-state index contributed by atoms with van der Waals surface area (Å²) in [5.41, 5.74) is 2.99. The van der Waals surface area contributed by atoms with Gasteiger partial charge in [0.1, 0.15) is 30.1 Å². The van der Waals surface area contributed by atoms with Crippen LogP contribution in [0, 0.1) is 6.92 Å². The molecule has 10 nitrogen and oxygen atoms in total. The van der Waals surface area contributed by atoms with Gasteiger partial charge in [-0.05, 0) is 48.9 Å². The van der Waals surface area contributed by atoms with Crippen LogP contribution in [0.5, 0.6) is 17.2 Å². The predicted molar refractivity (Wildman–Crippen MR) is 147 cm³/mol. The molecule has 2 aliphatic heterocycles. The highest BCUT2D eigenvalue weighted by atomic mass is 16.7. The second-order valence-electron chi connectivity index (χ2n) is 9.61. The maximum Gasteiger partial charge on any atom is 0.338 e. The maximum atomic E-state index is 12.5. The Morgan fingerprint density at radius 3 is 2.35 bits per heavy atom. The van der Waals surface area contributed by atoms with E-state index in [1.807, 2.05) is 43.3 Å². The Bertz CT molecular complexity index is 1530. The molecule has 10 heteroatoms. The van der Waals surface area contributed by atoms with Crippen LogP contribution in [-0.4, -0.2) is 67.8 Å². The Kier molecular flexibility index (Phi) is 7.10. The zero-order valence-electron chi connectivity index (χ0n) is 22.3. The van der Waals surface area contributed by atoms with E-state index in [0.29, 0.717) is 35.2 Å². The van der Waals surface area contributed by atoms with Gasteiger partial charge in [0, 0.05) is 17.1 Å². The van der Waals surface area contributed by atoms with Crippen LogP contribution < -0.4 is 19.5 Å². The highest BCUT2D eigenvalue weighted by Crippen LogP contribution is 2.36. The summed E-state index contributed by atoms with van der Waals surface area (Å²) in [6.45, 7) is 2.57. The van der Waals surface area contributed by atoms with Crippen molar-refractivity contribution in [1.29, 1.82) is 0 Å². The van der Waals surface area contributed by atoms with E-state index in [1.165, 1.54) is 6.33 Å². The fraction of sp³-hybridized carbons (Fsp3) is 0.300. The number of nitrogens with one attached hydrogen (secondary N) is 1. The van der Waals surface area contributed by atoms with Crippen molar-refractivity contribution in [2.75, 3.05) is 32.8 Å². The lowest BCUT2D eigenvalue weighted by molar-refractivity contribution is -0.0190. The summed E-state index contributed by atoms with van der Waals surface area (Å²) in [5.74, 6) is 2.16. The van der Waals surface area contributed by atoms with Crippen LogP contribution in [0.25, 0.3) is 10.9 Å². The molecule has 0 amide bonds. The summed E-state index contributed by atoms with van der Waals surface area (Å²) < 4.78 is 34.8. The molecule has 206 valence electrons. The second kappa shape index (κ2) is 11.0. The van der Waals surface area contributed by atoms with E-state index < -0.39 is 12.1 Å². The first kappa shape index (κ1) is 25.8. The Labute approximate surface area is 231 Å². The summed E-state index contributed by atoms with van der Waals surface area (Å²) in [7, 11) is 3.18. The number of fused-ring (bicyclic) bond motifs is 2. The second-order valence-corrected chi connectivity index (χ2v) is 9.61. The lowest BCUT2D eigenvalue weighted by Crippen LogP contribution is -2.36. The van der Waals surface area contributed by atoms with Gasteiger partial charge in [0.2, 0.25) is 0 Å². The van der Waals surface area contributed by atoms with Crippen molar-refractivity contribution in [3.05, 3.63) is 78.1 Å². The largest absolute Gasteiger partial charge is 0.493 e. The monoisotopic (exact) mass is 543 g/mol. The van der Waals surface area contributed by atoms with Gasteiger partial charge in [-0.15, -0.1) is 0 Å². The van der Waals surface area contributed by atoms with E-state index in [-0.39, 0.29) is 24.9 Å². The quantitative estimate of drug-likeness (QED) is 0.320. The Morgan fingerprint density at radius 1 is 0.875 bits per heavy atom. The van der Waals surface area contributed by atoms with Crippen molar-refractivity contribution in [3.63, 3.8) is 0 Å². The number of aryl methyl sites for hydroxylation is 1. The van der Waals surface area contributed by atoms with E-state index in [2.05, 4.69) is 15.3 Å². The molecule has 1 N–H and O–H groups in total. The molecule has 3 heterocycles. The number of nitrogens with zero attached hydrogens (tertiary/aromatic N) is 2. The SMILES string of the molecule is COc1cc2ncnc(Nc3ccc(O[C@H]4CO[C@H]5[C@@H]4OC[C@@H]5OC(=O)c4ccccc4)c(C)c3)c2cc1OC. The number of carbonyl (C=O) groups excluding carboxylic acids is 1. The van der Waals surface area contributed by atoms with Crippen molar-refractivity contribution in [1.82, 2.24) is 9.97 Å². The molecule has 2 aliphatic rings. The summed E-state index contributed by atoms with van der Waals surface area (Å²) in [4.78, 5) is 21.3. The molecule has 0 aliphatic carbocycles. The Morgan fingerprint density at radius 2 is 1.60 bits per heavy atom. The number of methoxy groups -OCH3 is 2. The zero-order valence-corrected chi connectivity index (χ0v) is 22.3. The van der Waals surface area contributed by atoms with Crippen LogP contribution in [0.3, 0.4) is 0 Å². The maximum absolute atomic E-state index is 12.5. The topological polar surface area (TPSA) is 110 Å². The number of benzene rings is 3. The van der Waals surface area contributed by atoms with Crippen LogP contribution in [0.1, 0.15) is 15.9 Å². The average Bonchev–Trinajstić information content (AvgIpc) is 3.57. The van der Waals surface area contributed by atoms with Crippen molar-refractivity contribution < 1.29 is 33.2 Å². The Balaban J connectivity index is 1.13. The number of rotatable bonds is 8. The minimum Gasteiger partial charge on any atom is -0.493 e. The molecular weight excluding hydrogens is 514 g/mol. The molecule has 0 spiro atoms. The van der Waals surface area contributed by atoms with Gasteiger partial charge in [0.05, 0.1) is 38.5 Å². The van der Waals surface area contributed by atoms with Gasteiger partial charge >= 0.3 is 5.97 Å². The smallest absolute Gasteiger partial charge is 0.338 e. The molecule has 4 aromatic rings. The van der Waals surface area contributed by atoms with E-state index in [9.17, 15) is 4.79 Å². The van der Waals surface area contributed by atoms with Crippen LogP contribution in [-0.2, 0) is 14.2 Å². The van der Waals surface area contributed by atoms with Gasteiger partial charge in [-0.25, -0.2) is 14.8 Å². The third kappa shape index (κ3) is 4.99. The number of ether oxygens (including phenoxy) is 6. The first-order valence-corrected chi connectivity index (χ1v) is 12.9. The van der Waals surface area contributed by atoms with Gasteiger partial charge in [-0.2, -0.15) is 0 Å². The van der Waals surface area contributed by atoms with Crippen LogP contribution in [0.15, 0.2) is 67.0 Å². The molecule has 2 saturated heterocycles. The van der Waals surface area contributed by atoms with Crippen molar-refractivity contribution in [2.45, 2.75) is 31.3 Å². The van der Waals surface area contributed by atoms with E-state index in [4.69, 9.17) is 28.4 Å². The third-order valence-electron chi connectivity index (χ3n) is 7.09. The van der Waals surface area contributed by atoms with Crippen LogP contribution >= 0.6 is 0 Å². The molecule has 2 fully saturated rings. The van der Waals surface area contributed by atoms with Crippen LogP contribution in [0.2, 0.25) is 0 Å². The summed E-state index contributed by atoms with van der Waals surface area (Å²) in [6.07, 6.45) is -0.00850.